The molecule has 4 atom stereocenters. The van der Waals surface area contributed by atoms with E-state index >= 15 is 0 Å². The van der Waals surface area contributed by atoms with Crippen LogP contribution in [0.15, 0.2) is 130 Å². The van der Waals surface area contributed by atoms with E-state index in [1.165, 1.54) is 0 Å². The van der Waals surface area contributed by atoms with Gasteiger partial charge in [0, 0.05) is 38.8 Å². The molecule has 78 heavy (non-hydrogen) atoms. The van der Waals surface area contributed by atoms with Crippen molar-refractivity contribution in [1.29, 1.82) is 0 Å². The lowest BCUT2D eigenvalue weighted by molar-refractivity contribution is -0.156. The van der Waals surface area contributed by atoms with Crippen LogP contribution in [0.2, 0.25) is 0 Å². The number of esters is 2. The number of carboxylic acids is 4. The van der Waals surface area contributed by atoms with E-state index in [0.717, 1.165) is 33.4 Å². The van der Waals surface area contributed by atoms with Crippen LogP contribution in [0.3, 0.4) is 0 Å². The Morgan fingerprint density at radius 2 is 0.846 bits per heavy atom. The highest BCUT2D eigenvalue weighted by Gasteiger charge is 2.41. The number of ether oxygens (including phenoxy) is 2. The molecule has 20 heteroatoms. The van der Waals surface area contributed by atoms with E-state index in [1.807, 2.05) is 140 Å². The van der Waals surface area contributed by atoms with Gasteiger partial charge in [0.15, 0.2) is 23.8 Å². The van der Waals surface area contributed by atoms with Crippen molar-refractivity contribution in [3.8, 4) is 0 Å². The summed E-state index contributed by atoms with van der Waals surface area (Å²) in [6.07, 6.45) is 23.5. The van der Waals surface area contributed by atoms with Crippen molar-refractivity contribution in [2.75, 3.05) is 13.1 Å². The lowest BCUT2D eigenvalue weighted by Crippen LogP contribution is -2.46. The fourth-order valence-electron chi connectivity index (χ4n) is 8.22. The molecule has 0 saturated carbocycles. The van der Waals surface area contributed by atoms with Crippen molar-refractivity contribution in [3.05, 3.63) is 130 Å². The molecule has 4 unspecified atom stereocenters. The maximum atomic E-state index is 13.3. The molecule has 20 nitrogen and oxygen atoms in total. The van der Waals surface area contributed by atoms with Gasteiger partial charge in [-0.25, -0.2) is 19.2 Å². The largest absolute Gasteiger partial charge is 0.481 e. The number of hydrogen-bond acceptors (Lipinski definition) is 12. The Hall–Kier alpha value is -8.16. The van der Waals surface area contributed by atoms with E-state index in [2.05, 4.69) is 21.3 Å². The summed E-state index contributed by atoms with van der Waals surface area (Å²) in [7, 11) is 0. The molecule has 0 bridgehead atoms. The fourth-order valence-corrected chi connectivity index (χ4v) is 8.22. The molecule has 424 valence electrons. The van der Waals surface area contributed by atoms with Gasteiger partial charge in [-0.05, 0) is 87.5 Å². The molecule has 2 rings (SSSR count). The van der Waals surface area contributed by atoms with E-state index in [1.54, 1.807) is 13.8 Å². The average molecular weight is 1090 g/mol. The minimum Gasteiger partial charge on any atom is -0.481 e. The van der Waals surface area contributed by atoms with Gasteiger partial charge in [-0.3, -0.25) is 28.8 Å². The van der Waals surface area contributed by atoms with Crippen molar-refractivity contribution in [2.45, 2.75) is 145 Å². The van der Waals surface area contributed by atoms with Crippen molar-refractivity contribution in [2.24, 2.45) is 10.8 Å². The number of carboxylic acid groups (broad SMARTS) is 4. The zero-order valence-electron chi connectivity index (χ0n) is 46.2. The van der Waals surface area contributed by atoms with Gasteiger partial charge in [0.1, 0.15) is 12.1 Å². The number of allylic oxidation sites excluding steroid dienone is 20. The standard InChI is InChI=1S/C58H76N4O16/c1-35(17-13-19-37(3)21-23-41-39(5)51(69)45(33-57(41,7)8)77-49(67)29-31-59-55(75)61-43(53(71)72)25-27-47(63)64)15-11-12-16-36(2)18-14-20-38(4)22-24-42-40(6)52(70)46(34-58(42,9)10)78-50(68)30-32-60-56(76)62-44(54(73)74)26-28-48(65)66/h11-24,43-46H,25-34H2,1-10H3,(H,63,64)(H,65,66)(H,71,72)(H,73,74)(H2,59,61,75)(H2,60,62,76)/b12-11+,17-13+,18-14+,23-21+,24-22+,35-15+,36-16+,37-19+,38-20+. The van der Waals surface area contributed by atoms with E-state index in [9.17, 15) is 58.2 Å². The Morgan fingerprint density at radius 3 is 1.17 bits per heavy atom. The number of Topliss-reactive ketones (excluding diaryl/α,β-unsaturated/α-hetero) is 2. The quantitative estimate of drug-likeness (QED) is 0.0272. The topological polar surface area (TPSA) is 318 Å². The highest BCUT2D eigenvalue weighted by molar-refractivity contribution is 6.02. The summed E-state index contributed by atoms with van der Waals surface area (Å²) in [4.78, 5) is 120. The van der Waals surface area contributed by atoms with Gasteiger partial charge < -0.3 is 51.2 Å². The molecular formula is C58H76N4O16. The van der Waals surface area contributed by atoms with Gasteiger partial charge >= 0.3 is 47.9 Å². The lowest BCUT2D eigenvalue weighted by Gasteiger charge is -2.36. The molecule has 0 saturated heterocycles. The minimum atomic E-state index is -1.42. The first kappa shape index (κ1) is 66.0. The maximum Gasteiger partial charge on any atom is 0.326 e. The van der Waals surface area contributed by atoms with Crippen LogP contribution < -0.4 is 21.3 Å². The second kappa shape index (κ2) is 31.8. The summed E-state index contributed by atoms with van der Waals surface area (Å²) in [5.41, 5.74) is 5.39. The van der Waals surface area contributed by atoms with Gasteiger partial charge in [0.05, 0.1) is 12.8 Å². The first-order valence-electron chi connectivity index (χ1n) is 25.4. The molecule has 2 aliphatic rings. The Labute approximate surface area is 455 Å². The number of aliphatic carboxylic acids is 4. The van der Waals surface area contributed by atoms with E-state index in [0.29, 0.717) is 11.1 Å². The van der Waals surface area contributed by atoms with E-state index in [4.69, 9.17) is 19.7 Å². The highest BCUT2D eigenvalue weighted by atomic mass is 16.6. The minimum absolute atomic E-state index is 0.199. The average Bonchev–Trinajstić information content (AvgIpc) is 3.33. The zero-order valence-corrected chi connectivity index (χ0v) is 46.2. The Balaban J connectivity index is 1.91. The number of carbonyl (C=O) groups is 10. The van der Waals surface area contributed by atoms with Gasteiger partial charge in [-0.1, -0.05) is 135 Å². The van der Waals surface area contributed by atoms with Gasteiger partial charge in [0.2, 0.25) is 0 Å². The lowest BCUT2D eigenvalue weighted by atomic mass is 9.71. The smallest absolute Gasteiger partial charge is 0.326 e. The summed E-state index contributed by atoms with van der Waals surface area (Å²) in [6.45, 7) is 18.6. The third kappa shape index (κ3) is 23.8. The molecule has 0 spiro atoms. The van der Waals surface area contributed by atoms with Crippen LogP contribution in [0.5, 0.6) is 0 Å². The van der Waals surface area contributed by atoms with Crippen LogP contribution >= 0.6 is 0 Å². The highest BCUT2D eigenvalue weighted by Crippen LogP contribution is 2.42. The number of hydrogen-bond donors (Lipinski definition) is 8. The number of carbonyl (C=O) groups excluding carboxylic acids is 6. The van der Waals surface area contributed by atoms with Gasteiger partial charge in [0.25, 0.3) is 0 Å². The van der Waals surface area contributed by atoms with Crippen molar-refractivity contribution >= 4 is 59.4 Å². The summed E-state index contributed by atoms with van der Waals surface area (Å²) >= 11 is 0. The molecule has 0 fully saturated rings. The molecular weight excluding hydrogens is 1010 g/mol. The molecule has 0 aliphatic heterocycles. The van der Waals surface area contributed by atoms with Gasteiger partial charge in [-0.2, -0.15) is 0 Å². The maximum absolute atomic E-state index is 13.3. The fraction of sp³-hybridized carbons (Fsp3) is 0.448. The SMILES string of the molecule is CC1=C(/C=C/C(C)=C/C=C/C(C)=C/C=C/C=C(C)/C=C/C=C(C)/C=C/C2=C(C)C(=O)C(OC(=O)CCNC(=O)NC(CCC(=O)O)C(=O)O)CC2(C)C)C(C)(C)CC(OC(=O)CCNC(=O)NC(CCC(=O)O)C(=O)O)C1=O. The predicted octanol–water partition coefficient (Wildman–Crippen LogP) is 8.02. The third-order valence-electron chi connectivity index (χ3n) is 12.6. The second-order valence-electron chi connectivity index (χ2n) is 20.3. The molecule has 2 aliphatic carbocycles. The number of urea groups is 2. The Bertz CT molecular complexity index is 2470. The van der Waals surface area contributed by atoms with Crippen LogP contribution in [0.4, 0.5) is 9.59 Å². The molecule has 4 amide bonds. The molecule has 0 aromatic carbocycles. The monoisotopic (exact) mass is 1080 g/mol. The predicted molar refractivity (Wildman–Crippen MR) is 292 cm³/mol. The van der Waals surface area contributed by atoms with Crippen LogP contribution in [-0.4, -0.2) is 117 Å². The van der Waals surface area contributed by atoms with Crippen LogP contribution in [-0.2, 0) is 47.8 Å². The summed E-state index contributed by atoms with van der Waals surface area (Å²) in [6, 6.07) is -4.63. The molecule has 8 N–H and O–H groups in total. The second-order valence-corrected chi connectivity index (χ2v) is 20.3. The Kier molecular flexibility index (Phi) is 26.9. The summed E-state index contributed by atoms with van der Waals surface area (Å²) in [5.74, 6) is -7.31. The molecule has 0 aromatic rings. The van der Waals surface area contributed by atoms with Crippen LogP contribution in [0.25, 0.3) is 0 Å². The Morgan fingerprint density at radius 1 is 0.526 bits per heavy atom. The first-order valence-corrected chi connectivity index (χ1v) is 25.4. The van der Waals surface area contributed by atoms with Crippen molar-refractivity contribution in [1.82, 2.24) is 21.3 Å². The van der Waals surface area contributed by atoms with Crippen LogP contribution in [0, 0.1) is 10.8 Å². The summed E-state index contributed by atoms with van der Waals surface area (Å²) in [5, 5.41) is 45.0. The third-order valence-corrected chi connectivity index (χ3v) is 12.6. The zero-order chi connectivity index (χ0) is 58.9. The van der Waals surface area contributed by atoms with E-state index in [-0.39, 0.29) is 63.2 Å². The number of ketones is 2. The van der Waals surface area contributed by atoms with Gasteiger partial charge in [-0.15, -0.1) is 0 Å². The summed E-state index contributed by atoms with van der Waals surface area (Å²) < 4.78 is 11.0. The molecule has 0 aromatic heterocycles. The number of nitrogens with one attached hydrogen (secondary N) is 4. The van der Waals surface area contributed by atoms with Crippen molar-refractivity contribution in [3.63, 3.8) is 0 Å². The van der Waals surface area contributed by atoms with Crippen molar-refractivity contribution < 1.29 is 77.8 Å². The van der Waals surface area contributed by atoms with E-state index < -0.39 is 95.8 Å². The number of rotatable bonds is 28. The van der Waals surface area contributed by atoms with Crippen LogP contribution in [0.1, 0.15) is 121 Å². The first-order chi connectivity index (χ1) is 36.4. The number of amides is 4. The molecule has 0 radical (unpaired) electrons. The normalized spacial score (nSPS) is 19.2. The molecule has 0 heterocycles.